The summed E-state index contributed by atoms with van der Waals surface area (Å²) in [4.78, 5) is 14.7. The van der Waals surface area contributed by atoms with E-state index in [1.807, 2.05) is 0 Å². The van der Waals surface area contributed by atoms with Gasteiger partial charge in [-0.25, -0.2) is 13.2 Å². The lowest BCUT2D eigenvalue weighted by Crippen LogP contribution is -2.38. The van der Waals surface area contributed by atoms with Crippen molar-refractivity contribution in [2.24, 2.45) is 16.6 Å². The number of alkyl halides is 2. The summed E-state index contributed by atoms with van der Waals surface area (Å²) < 4.78 is 42.2. The monoisotopic (exact) mass is 343 g/mol. The number of benzene rings is 1. The molecule has 24 heavy (non-hydrogen) atoms. The molecule has 1 fully saturated rings. The molecule has 2 unspecified atom stereocenters. The summed E-state index contributed by atoms with van der Waals surface area (Å²) in [6.07, 6.45) is 0.640. The van der Waals surface area contributed by atoms with Gasteiger partial charge in [-0.05, 0) is 25.1 Å². The molecule has 0 saturated heterocycles. The van der Waals surface area contributed by atoms with E-state index >= 15 is 0 Å². The first-order chi connectivity index (χ1) is 11.2. The van der Waals surface area contributed by atoms with E-state index in [4.69, 9.17) is 10.5 Å². The number of amidine groups is 1. The van der Waals surface area contributed by atoms with Gasteiger partial charge in [0.2, 0.25) is 6.41 Å². The number of hydrogen-bond donors (Lipinski definition) is 2. The predicted molar refractivity (Wildman–Crippen MR) is 84.6 cm³/mol. The van der Waals surface area contributed by atoms with E-state index in [1.54, 1.807) is 13.8 Å². The average molecular weight is 343 g/mol. The Morgan fingerprint density at radius 3 is 2.58 bits per heavy atom. The second kappa shape index (κ2) is 6.80. The Kier molecular flexibility index (Phi) is 5.17. The number of hydrogen-bond acceptors (Lipinski definition) is 4. The Morgan fingerprint density at radius 1 is 1.46 bits per heavy atom. The van der Waals surface area contributed by atoms with Crippen LogP contribution in [-0.2, 0) is 15.1 Å². The first kappa shape index (κ1) is 18.3. The molecule has 1 aromatic rings. The van der Waals surface area contributed by atoms with E-state index in [-0.39, 0.29) is 25.6 Å². The maximum atomic E-state index is 13.9. The zero-order chi connectivity index (χ0) is 18.0. The van der Waals surface area contributed by atoms with Gasteiger partial charge in [0, 0.05) is 23.6 Å². The molecule has 5 nitrogen and oxygen atoms in total. The van der Waals surface area contributed by atoms with Crippen molar-refractivity contribution in [1.29, 1.82) is 0 Å². The van der Waals surface area contributed by atoms with Crippen LogP contribution < -0.4 is 11.1 Å². The molecule has 1 amide bonds. The Morgan fingerprint density at radius 2 is 2.08 bits per heavy atom. The van der Waals surface area contributed by atoms with Gasteiger partial charge in [-0.15, -0.1) is 0 Å². The highest BCUT2D eigenvalue weighted by Gasteiger charge is 2.53. The SMILES string of the molecule is CC1(c2cc(NC=O)ccc2F)COCC(N)=N1.CC1CC1(F)F. The predicted octanol–water partition coefficient (Wildman–Crippen LogP) is 2.66. The number of nitrogens with one attached hydrogen (secondary N) is 1. The van der Waals surface area contributed by atoms with Crippen LogP contribution in [0.4, 0.5) is 18.9 Å². The molecule has 3 rings (SSSR count). The number of anilines is 1. The van der Waals surface area contributed by atoms with E-state index in [9.17, 15) is 18.0 Å². The molecule has 0 spiro atoms. The van der Waals surface area contributed by atoms with Gasteiger partial charge in [0.25, 0.3) is 5.92 Å². The smallest absolute Gasteiger partial charge is 0.251 e. The van der Waals surface area contributed by atoms with Gasteiger partial charge >= 0.3 is 0 Å². The molecule has 132 valence electrons. The van der Waals surface area contributed by atoms with E-state index in [0.29, 0.717) is 23.5 Å². The van der Waals surface area contributed by atoms with E-state index in [1.165, 1.54) is 18.2 Å². The third-order valence-corrected chi connectivity index (χ3v) is 3.93. The van der Waals surface area contributed by atoms with Crippen molar-refractivity contribution in [3.8, 4) is 0 Å². The van der Waals surface area contributed by atoms with Gasteiger partial charge in [-0.1, -0.05) is 6.92 Å². The second-order valence-corrected chi connectivity index (χ2v) is 6.19. The molecule has 8 heteroatoms. The molecule has 1 heterocycles. The number of nitrogens with zero attached hydrogens (tertiary/aromatic N) is 1. The van der Waals surface area contributed by atoms with E-state index in [0.717, 1.165) is 0 Å². The minimum Gasteiger partial charge on any atom is -0.386 e. The van der Waals surface area contributed by atoms with Gasteiger partial charge in [0.1, 0.15) is 23.8 Å². The first-order valence-corrected chi connectivity index (χ1v) is 7.48. The second-order valence-electron chi connectivity index (χ2n) is 6.19. The van der Waals surface area contributed by atoms with Crippen LogP contribution in [0.15, 0.2) is 23.2 Å². The summed E-state index contributed by atoms with van der Waals surface area (Å²) in [7, 11) is 0. The van der Waals surface area contributed by atoms with Crippen LogP contribution in [0.1, 0.15) is 25.8 Å². The van der Waals surface area contributed by atoms with Crippen LogP contribution in [0.5, 0.6) is 0 Å². The minimum atomic E-state index is -2.29. The summed E-state index contributed by atoms with van der Waals surface area (Å²) in [5.41, 5.74) is 5.60. The molecule has 1 saturated carbocycles. The Bertz CT molecular complexity index is 651. The van der Waals surface area contributed by atoms with Gasteiger partial charge < -0.3 is 15.8 Å². The molecule has 0 radical (unpaired) electrons. The third kappa shape index (κ3) is 4.25. The molecule has 3 N–H and O–H groups in total. The summed E-state index contributed by atoms with van der Waals surface area (Å²) in [5, 5.41) is 2.47. The summed E-state index contributed by atoms with van der Waals surface area (Å²) >= 11 is 0. The van der Waals surface area contributed by atoms with Crippen LogP contribution in [0.25, 0.3) is 0 Å². The molecule has 1 aliphatic carbocycles. The minimum absolute atomic E-state index is 0.104. The van der Waals surface area contributed by atoms with Crippen LogP contribution in [0, 0.1) is 11.7 Å². The number of carbonyl (C=O) groups excluding carboxylic acids is 1. The van der Waals surface area contributed by atoms with Crippen molar-refractivity contribution in [3.05, 3.63) is 29.6 Å². The van der Waals surface area contributed by atoms with Crippen LogP contribution in [0.3, 0.4) is 0 Å². The molecule has 0 bridgehead atoms. The van der Waals surface area contributed by atoms with Crippen molar-refractivity contribution in [2.75, 3.05) is 18.5 Å². The fourth-order valence-electron chi connectivity index (χ4n) is 2.32. The average Bonchev–Trinajstić information content (AvgIpc) is 3.05. The Hall–Kier alpha value is -2.09. The number of nitrogens with two attached hydrogens (primary N) is 1. The number of aliphatic imine (C=N–C) groups is 1. The highest BCUT2D eigenvalue weighted by Crippen LogP contribution is 2.47. The highest BCUT2D eigenvalue weighted by atomic mass is 19.3. The maximum Gasteiger partial charge on any atom is 0.251 e. The third-order valence-electron chi connectivity index (χ3n) is 3.93. The van der Waals surface area contributed by atoms with Gasteiger partial charge in [0.15, 0.2) is 0 Å². The molecule has 2 atom stereocenters. The lowest BCUT2D eigenvalue weighted by atomic mass is 9.92. The topological polar surface area (TPSA) is 76.7 Å². The number of ether oxygens (including phenoxy) is 1. The van der Waals surface area contributed by atoms with Crippen molar-refractivity contribution in [3.63, 3.8) is 0 Å². The van der Waals surface area contributed by atoms with Crippen molar-refractivity contribution < 1.29 is 22.7 Å². The Balaban J connectivity index is 0.000000292. The summed E-state index contributed by atoms with van der Waals surface area (Å²) in [6.45, 7) is 3.79. The molecule has 1 aliphatic heterocycles. The molecule has 0 aromatic heterocycles. The number of carbonyl (C=O) groups is 1. The van der Waals surface area contributed by atoms with Crippen molar-refractivity contribution >= 4 is 17.9 Å². The van der Waals surface area contributed by atoms with Gasteiger partial charge in [0.05, 0.1) is 6.61 Å². The fourth-order valence-corrected chi connectivity index (χ4v) is 2.32. The molecule has 2 aliphatic rings. The largest absolute Gasteiger partial charge is 0.386 e. The Labute approximate surface area is 138 Å². The highest BCUT2D eigenvalue weighted by molar-refractivity contribution is 5.82. The van der Waals surface area contributed by atoms with Crippen LogP contribution in [-0.4, -0.2) is 31.4 Å². The first-order valence-electron chi connectivity index (χ1n) is 7.48. The zero-order valence-corrected chi connectivity index (χ0v) is 13.5. The quantitative estimate of drug-likeness (QED) is 0.829. The van der Waals surface area contributed by atoms with E-state index in [2.05, 4.69) is 10.3 Å². The normalized spacial score (nSPS) is 27.4. The number of halogens is 3. The molecular weight excluding hydrogens is 323 g/mol. The molecular formula is C16H20F3N3O2. The van der Waals surface area contributed by atoms with E-state index < -0.39 is 17.3 Å². The van der Waals surface area contributed by atoms with Gasteiger partial charge in [-0.2, -0.15) is 0 Å². The number of amides is 1. The standard InChI is InChI=1S/C12H14FN3O2.C4H6F2/c1-12(6-18-5-11(14)16-12)9-4-8(15-7-17)2-3-10(9)13;1-3-2-4(3,5)6/h2-4,7H,5-6H2,1H3,(H2,14,16)(H,15,17);3H,2H2,1H3. The number of rotatable bonds is 3. The zero-order valence-electron chi connectivity index (χ0n) is 13.5. The van der Waals surface area contributed by atoms with Crippen molar-refractivity contribution in [1.82, 2.24) is 0 Å². The van der Waals surface area contributed by atoms with Crippen LogP contribution in [0.2, 0.25) is 0 Å². The molecule has 1 aromatic carbocycles. The maximum absolute atomic E-state index is 13.9. The fraction of sp³-hybridized carbons (Fsp3) is 0.500. The summed E-state index contributed by atoms with van der Waals surface area (Å²) in [6, 6.07) is 4.30. The lowest BCUT2D eigenvalue weighted by molar-refractivity contribution is -0.105. The van der Waals surface area contributed by atoms with Crippen LogP contribution >= 0.6 is 0 Å². The van der Waals surface area contributed by atoms with Gasteiger partial charge in [-0.3, -0.25) is 9.79 Å². The van der Waals surface area contributed by atoms with Crippen molar-refractivity contribution in [2.45, 2.75) is 31.7 Å². The lowest BCUT2D eigenvalue weighted by Gasteiger charge is -2.30. The summed E-state index contributed by atoms with van der Waals surface area (Å²) in [5.74, 6) is -2.70.